The van der Waals surface area contributed by atoms with Crippen molar-refractivity contribution in [3.05, 3.63) is 42.4 Å². The first-order chi connectivity index (χ1) is 7.89. The van der Waals surface area contributed by atoms with Crippen LogP contribution in [0.3, 0.4) is 0 Å². The van der Waals surface area contributed by atoms with E-state index in [4.69, 9.17) is 0 Å². The van der Waals surface area contributed by atoms with E-state index in [-0.39, 0.29) is 5.54 Å². The lowest BCUT2D eigenvalue weighted by Gasteiger charge is -2.47. The minimum absolute atomic E-state index is 0.0690. The molecule has 0 bridgehead atoms. The van der Waals surface area contributed by atoms with E-state index in [2.05, 4.69) is 44.6 Å². The fraction of sp³-hybridized carbons (Fsp3) is 0.250. The summed E-state index contributed by atoms with van der Waals surface area (Å²) in [4.78, 5) is 4.44. The van der Waals surface area contributed by atoms with Gasteiger partial charge in [-0.05, 0) is 24.3 Å². The molecule has 1 spiro atoms. The van der Waals surface area contributed by atoms with Crippen LogP contribution in [-0.2, 0) is 5.54 Å². The molecule has 4 heterocycles. The third-order valence-electron chi connectivity index (χ3n) is 3.48. The molecule has 4 rings (SSSR count). The minimum Gasteiger partial charge on any atom is -0.369 e. The maximum atomic E-state index is 4.44. The molecule has 0 unspecified atom stereocenters. The van der Waals surface area contributed by atoms with Crippen molar-refractivity contribution in [3.8, 4) is 5.82 Å². The molecular formula is C12H12N4. The van der Waals surface area contributed by atoms with Crippen LogP contribution in [0.15, 0.2) is 36.7 Å². The summed E-state index contributed by atoms with van der Waals surface area (Å²) in [6, 6.07) is 8.32. The zero-order valence-electron chi connectivity index (χ0n) is 8.77. The molecule has 0 radical (unpaired) electrons. The van der Waals surface area contributed by atoms with Crippen LogP contribution < -0.4 is 10.6 Å². The van der Waals surface area contributed by atoms with Crippen molar-refractivity contribution in [2.24, 2.45) is 0 Å². The van der Waals surface area contributed by atoms with E-state index in [1.807, 2.05) is 12.3 Å². The Kier molecular flexibility index (Phi) is 1.38. The van der Waals surface area contributed by atoms with Crippen LogP contribution in [0.5, 0.6) is 0 Å². The van der Waals surface area contributed by atoms with Crippen LogP contribution in [0.25, 0.3) is 5.82 Å². The minimum atomic E-state index is 0.0690. The fourth-order valence-electron chi connectivity index (χ4n) is 2.61. The largest absolute Gasteiger partial charge is 0.369 e. The number of nitrogens with zero attached hydrogens (tertiary/aromatic N) is 2. The average molecular weight is 212 g/mol. The van der Waals surface area contributed by atoms with Crippen molar-refractivity contribution in [2.45, 2.75) is 5.54 Å². The molecule has 0 amide bonds. The molecule has 0 saturated carbocycles. The monoisotopic (exact) mass is 212 g/mol. The Morgan fingerprint density at radius 2 is 2.19 bits per heavy atom. The van der Waals surface area contributed by atoms with Crippen molar-refractivity contribution < 1.29 is 0 Å². The first-order valence-corrected chi connectivity index (χ1v) is 5.51. The number of anilines is 1. The molecule has 2 N–H and O–H groups in total. The van der Waals surface area contributed by atoms with Gasteiger partial charge in [-0.2, -0.15) is 0 Å². The van der Waals surface area contributed by atoms with Crippen molar-refractivity contribution in [2.75, 3.05) is 18.4 Å². The standard InChI is InChI=1S/C12H12N4/c1-3-9-11(14-5-1)16-6-2-4-10(16)12(15-9)7-13-8-12/h1-6,13,15H,7-8H2. The van der Waals surface area contributed by atoms with Gasteiger partial charge in [0.05, 0.1) is 11.4 Å². The fourth-order valence-corrected chi connectivity index (χ4v) is 2.61. The lowest BCUT2D eigenvalue weighted by molar-refractivity contribution is 0.301. The summed E-state index contributed by atoms with van der Waals surface area (Å²) in [5.41, 5.74) is 2.49. The van der Waals surface area contributed by atoms with Gasteiger partial charge in [-0.3, -0.25) is 0 Å². The van der Waals surface area contributed by atoms with Gasteiger partial charge in [0.2, 0.25) is 0 Å². The van der Waals surface area contributed by atoms with Crippen molar-refractivity contribution in [1.29, 1.82) is 0 Å². The topological polar surface area (TPSA) is 41.9 Å². The van der Waals surface area contributed by atoms with E-state index in [1.165, 1.54) is 5.69 Å². The molecule has 0 atom stereocenters. The summed E-state index contributed by atoms with van der Waals surface area (Å²) in [6.45, 7) is 1.96. The summed E-state index contributed by atoms with van der Waals surface area (Å²) in [6.07, 6.45) is 3.92. The van der Waals surface area contributed by atoms with Gasteiger partial charge in [0.25, 0.3) is 0 Å². The van der Waals surface area contributed by atoms with E-state index in [0.717, 1.165) is 24.6 Å². The van der Waals surface area contributed by atoms with Crippen LogP contribution in [0.2, 0.25) is 0 Å². The van der Waals surface area contributed by atoms with Gasteiger partial charge in [0.15, 0.2) is 5.82 Å². The lowest BCUT2D eigenvalue weighted by atomic mass is 9.86. The molecule has 1 fully saturated rings. The predicted molar refractivity (Wildman–Crippen MR) is 61.7 cm³/mol. The Morgan fingerprint density at radius 1 is 1.25 bits per heavy atom. The second kappa shape index (κ2) is 2.65. The summed E-state index contributed by atoms with van der Waals surface area (Å²) < 4.78 is 2.19. The molecular weight excluding hydrogens is 200 g/mol. The summed E-state index contributed by atoms with van der Waals surface area (Å²) in [5.74, 6) is 1.00. The Hall–Kier alpha value is -1.81. The molecule has 2 aliphatic heterocycles. The molecule has 2 aliphatic rings. The highest BCUT2D eigenvalue weighted by molar-refractivity contribution is 5.64. The Morgan fingerprint density at radius 3 is 3.00 bits per heavy atom. The highest BCUT2D eigenvalue weighted by Gasteiger charge is 2.44. The molecule has 2 aromatic rings. The normalized spacial score (nSPS) is 19.5. The quantitative estimate of drug-likeness (QED) is 0.687. The molecule has 2 aromatic heterocycles. The zero-order chi connectivity index (χ0) is 10.6. The first kappa shape index (κ1) is 8.35. The number of aromatic nitrogens is 2. The van der Waals surface area contributed by atoms with E-state index in [9.17, 15) is 0 Å². The lowest BCUT2D eigenvalue weighted by Crippen LogP contribution is -2.63. The Balaban J connectivity index is 2.00. The molecule has 1 saturated heterocycles. The third-order valence-corrected chi connectivity index (χ3v) is 3.48. The maximum Gasteiger partial charge on any atom is 0.160 e. The average Bonchev–Trinajstić information content (AvgIpc) is 2.75. The number of hydrogen-bond donors (Lipinski definition) is 2. The molecule has 0 aliphatic carbocycles. The molecule has 16 heavy (non-hydrogen) atoms. The second-order valence-corrected chi connectivity index (χ2v) is 4.45. The number of fused-ring (bicyclic) bond motifs is 4. The van der Waals surface area contributed by atoms with Gasteiger partial charge in [-0.15, -0.1) is 0 Å². The second-order valence-electron chi connectivity index (χ2n) is 4.45. The van der Waals surface area contributed by atoms with Gasteiger partial charge in [0.1, 0.15) is 5.54 Å². The maximum absolute atomic E-state index is 4.44. The smallest absolute Gasteiger partial charge is 0.160 e. The van der Waals surface area contributed by atoms with Gasteiger partial charge in [-0.25, -0.2) is 4.98 Å². The van der Waals surface area contributed by atoms with E-state index in [1.54, 1.807) is 0 Å². The first-order valence-electron chi connectivity index (χ1n) is 5.51. The van der Waals surface area contributed by atoms with Gasteiger partial charge in [0, 0.05) is 25.5 Å². The highest BCUT2D eigenvalue weighted by atomic mass is 15.2. The van der Waals surface area contributed by atoms with E-state index in [0.29, 0.717) is 0 Å². The SMILES string of the molecule is c1cnc2c(c1)NC1(CNC1)c1cccn1-2. The van der Waals surface area contributed by atoms with Crippen molar-refractivity contribution in [3.63, 3.8) is 0 Å². The van der Waals surface area contributed by atoms with Crippen LogP contribution in [-0.4, -0.2) is 22.6 Å². The van der Waals surface area contributed by atoms with Gasteiger partial charge in [-0.1, -0.05) is 0 Å². The number of pyridine rings is 1. The number of rotatable bonds is 0. The number of nitrogens with one attached hydrogen (secondary N) is 2. The Bertz CT molecular complexity index is 554. The van der Waals surface area contributed by atoms with Crippen molar-refractivity contribution in [1.82, 2.24) is 14.9 Å². The number of hydrogen-bond acceptors (Lipinski definition) is 3. The van der Waals surface area contributed by atoms with Crippen molar-refractivity contribution >= 4 is 5.69 Å². The molecule has 0 aromatic carbocycles. The predicted octanol–water partition coefficient (Wildman–Crippen LogP) is 1.10. The summed E-state index contributed by atoms with van der Waals surface area (Å²) in [7, 11) is 0. The van der Waals surface area contributed by atoms with E-state index < -0.39 is 0 Å². The highest BCUT2D eigenvalue weighted by Crippen LogP contribution is 2.38. The van der Waals surface area contributed by atoms with Gasteiger partial charge >= 0.3 is 0 Å². The molecule has 80 valence electrons. The van der Waals surface area contributed by atoms with Crippen LogP contribution in [0.1, 0.15) is 5.69 Å². The van der Waals surface area contributed by atoms with Crippen LogP contribution in [0, 0.1) is 0 Å². The van der Waals surface area contributed by atoms with Gasteiger partial charge < -0.3 is 15.2 Å². The molecule has 4 nitrogen and oxygen atoms in total. The van der Waals surface area contributed by atoms with Crippen LogP contribution in [0.4, 0.5) is 5.69 Å². The summed E-state index contributed by atoms with van der Waals surface area (Å²) in [5, 5.41) is 6.94. The summed E-state index contributed by atoms with van der Waals surface area (Å²) >= 11 is 0. The Labute approximate surface area is 93.3 Å². The van der Waals surface area contributed by atoms with E-state index >= 15 is 0 Å². The third kappa shape index (κ3) is 0.858. The zero-order valence-corrected chi connectivity index (χ0v) is 8.77. The van der Waals surface area contributed by atoms with Crippen LogP contribution >= 0.6 is 0 Å². The molecule has 4 heteroatoms.